The second-order valence-electron chi connectivity index (χ2n) is 7.08. The Hall–Kier alpha value is -2.62. The van der Waals surface area contributed by atoms with Crippen molar-refractivity contribution in [1.29, 1.82) is 0 Å². The molecule has 0 saturated carbocycles. The smallest absolute Gasteiger partial charge is 0.313 e. The summed E-state index contributed by atoms with van der Waals surface area (Å²) in [6, 6.07) is 11.8. The molecule has 26 heavy (non-hydrogen) atoms. The molecule has 0 aromatic heterocycles. The quantitative estimate of drug-likeness (QED) is 0.619. The molecule has 0 N–H and O–H groups in total. The Morgan fingerprint density at radius 3 is 2.42 bits per heavy atom. The zero-order valence-electron chi connectivity index (χ0n) is 15.8. The molecule has 1 unspecified atom stereocenters. The molecule has 1 atom stereocenters. The van der Waals surface area contributed by atoms with Gasteiger partial charge in [-0.3, -0.25) is 9.59 Å². The minimum atomic E-state index is -0.312. The van der Waals surface area contributed by atoms with Crippen LogP contribution in [0.25, 0.3) is 0 Å². The minimum absolute atomic E-state index is 0.0139. The van der Waals surface area contributed by atoms with E-state index in [4.69, 9.17) is 4.74 Å². The largest absolute Gasteiger partial charge is 0.426 e. The maximum Gasteiger partial charge on any atom is 0.313 e. The predicted octanol–water partition coefficient (Wildman–Crippen LogP) is 4.05. The molecule has 1 aliphatic heterocycles. The number of aryl methyl sites for hydroxylation is 3. The van der Waals surface area contributed by atoms with Crippen LogP contribution in [0, 0.1) is 20.8 Å². The average molecular weight is 351 g/mol. The van der Waals surface area contributed by atoms with Crippen molar-refractivity contribution in [2.45, 2.75) is 46.6 Å². The second kappa shape index (κ2) is 7.32. The highest BCUT2D eigenvalue weighted by molar-refractivity contribution is 5.78. The van der Waals surface area contributed by atoms with E-state index in [1.165, 1.54) is 5.56 Å². The van der Waals surface area contributed by atoms with Gasteiger partial charge in [-0.05, 0) is 49.4 Å². The van der Waals surface area contributed by atoms with E-state index in [9.17, 15) is 9.59 Å². The first-order valence-electron chi connectivity index (χ1n) is 9.00. The van der Waals surface area contributed by atoms with Crippen LogP contribution in [0.4, 0.5) is 0 Å². The van der Waals surface area contributed by atoms with Crippen molar-refractivity contribution in [1.82, 2.24) is 4.90 Å². The molecular weight excluding hydrogens is 326 g/mol. The number of hydrogen-bond acceptors (Lipinski definition) is 3. The first-order chi connectivity index (χ1) is 12.4. The van der Waals surface area contributed by atoms with Crippen LogP contribution in [-0.2, 0) is 16.0 Å². The molecule has 136 valence electrons. The fraction of sp³-hybridized carbons (Fsp3) is 0.364. The molecule has 0 radical (unpaired) electrons. The lowest BCUT2D eigenvalue weighted by Crippen LogP contribution is -2.40. The van der Waals surface area contributed by atoms with Gasteiger partial charge in [-0.15, -0.1) is 0 Å². The van der Waals surface area contributed by atoms with E-state index in [1.54, 1.807) is 11.8 Å². The monoisotopic (exact) mass is 351 g/mol. The fourth-order valence-corrected chi connectivity index (χ4v) is 3.89. The summed E-state index contributed by atoms with van der Waals surface area (Å²) in [6.07, 6.45) is 0.973. The highest BCUT2D eigenvalue weighted by atomic mass is 16.5. The zero-order chi connectivity index (χ0) is 18.8. The average Bonchev–Trinajstić information content (AvgIpc) is 2.58. The lowest BCUT2D eigenvalue weighted by molar-refractivity contribution is -0.138. The Balaban J connectivity index is 1.84. The third kappa shape index (κ3) is 3.64. The predicted molar refractivity (Wildman–Crippen MR) is 101 cm³/mol. The first-order valence-corrected chi connectivity index (χ1v) is 9.00. The van der Waals surface area contributed by atoms with Gasteiger partial charge in [0.1, 0.15) is 5.75 Å². The van der Waals surface area contributed by atoms with Crippen LogP contribution in [0.2, 0.25) is 0 Å². The molecule has 1 amide bonds. The van der Waals surface area contributed by atoms with Crippen LogP contribution in [0.5, 0.6) is 5.75 Å². The molecule has 3 rings (SSSR count). The highest BCUT2D eigenvalue weighted by Crippen LogP contribution is 2.33. The summed E-state index contributed by atoms with van der Waals surface area (Å²) in [5.74, 6) is 0.298. The number of rotatable bonds is 3. The molecule has 4 nitrogen and oxygen atoms in total. The number of amides is 1. The summed E-state index contributed by atoms with van der Waals surface area (Å²) in [4.78, 5) is 26.5. The maximum atomic E-state index is 12.7. The van der Waals surface area contributed by atoms with Crippen LogP contribution in [-0.4, -0.2) is 23.3 Å². The summed E-state index contributed by atoms with van der Waals surface area (Å²) >= 11 is 0. The highest BCUT2D eigenvalue weighted by Gasteiger charge is 2.31. The molecule has 2 aromatic rings. The number of carbonyl (C=O) groups is 2. The van der Waals surface area contributed by atoms with Crippen molar-refractivity contribution in [3.8, 4) is 5.75 Å². The molecule has 1 aliphatic rings. The van der Waals surface area contributed by atoms with Crippen molar-refractivity contribution in [3.63, 3.8) is 0 Å². The number of hydrogen-bond donors (Lipinski definition) is 0. The standard InChI is InChI=1S/C22H25NO3/c1-14-11-15(2)22(16(3)12-14)26-21(25)13-20-19-8-6-5-7-18(19)9-10-23(20)17(4)24/h5-8,11-12,20H,9-10,13H2,1-4H3. The van der Waals surface area contributed by atoms with Gasteiger partial charge < -0.3 is 9.64 Å². The molecule has 0 aliphatic carbocycles. The Morgan fingerprint density at radius 1 is 1.12 bits per heavy atom. The molecule has 0 saturated heterocycles. The van der Waals surface area contributed by atoms with Crippen LogP contribution in [0.3, 0.4) is 0 Å². The van der Waals surface area contributed by atoms with E-state index >= 15 is 0 Å². The SMILES string of the molecule is CC(=O)N1CCc2ccccc2C1CC(=O)Oc1c(C)cc(C)cc1C. The first kappa shape index (κ1) is 18.2. The lowest BCUT2D eigenvalue weighted by atomic mass is 9.90. The number of nitrogens with zero attached hydrogens (tertiary/aromatic N) is 1. The number of carbonyl (C=O) groups excluding carboxylic acids is 2. The molecular formula is C22H25NO3. The van der Waals surface area contributed by atoms with Crippen molar-refractivity contribution in [2.24, 2.45) is 0 Å². The van der Waals surface area contributed by atoms with Gasteiger partial charge in [0.25, 0.3) is 0 Å². The Morgan fingerprint density at radius 2 is 1.77 bits per heavy atom. The maximum absolute atomic E-state index is 12.7. The Bertz CT molecular complexity index is 833. The topological polar surface area (TPSA) is 46.6 Å². The van der Waals surface area contributed by atoms with E-state index in [2.05, 4.69) is 6.07 Å². The normalized spacial score (nSPS) is 16.2. The number of benzene rings is 2. The molecule has 0 bridgehead atoms. The van der Waals surface area contributed by atoms with Gasteiger partial charge in [0.2, 0.25) is 5.91 Å². The van der Waals surface area contributed by atoms with E-state index in [0.29, 0.717) is 12.3 Å². The molecule has 1 heterocycles. The van der Waals surface area contributed by atoms with E-state index in [0.717, 1.165) is 28.7 Å². The van der Waals surface area contributed by atoms with Crippen molar-refractivity contribution >= 4 is 11.9 Å². The fourth-order valence-electron chi connectivity index (χ4n) is 3.89. The molecule has 0 spiro atoms. The van der Waals surface area contributed by atoms with Crippen LogP contribution in [0.15, 0.2) is 36.4 Å². The van der Waals surface area contributed by atoms with Gasteiger partial charge in [-0.25, -0.2) is 0 Å². The van der Waals surface area contributed by atoms with Gasteiger partial charge in [0, 0.05) is 13.5 Å². The second-order valence-corrected chi connectivity index (χ2v) is 7.08. The van der Waals surface area contributed by atoms with E-state index in [1.807, 2.05) is 51.1 Å². The molecule has 4 heteroatoms. The molecule has 2 aromatic carbocycles. The van der Waals surface area contributed by atoms with Crippen molar-refractivity contribution in [2.75, 3.05) is 6.54 Å². The molecule has 0 fully saturated rings. The van der Waals surface area contributed by atoms with Gasteiger partial charge in [-0.1, -0.05) is 42.0 Å². The summed E-state index contributed by atoms with van der Waals surface area (Å²) < 4.78 is 5.70. The van der Waals surface area contributed by atoms with Crippen LogP contribution in [0.1, 0.15) is 47.2 Å². The van der Waals surface area contributed by atoms with E-state index < -0.39 is 0 Å². The summed E-state index contributed by atoms with van der Waals surface area (Å²) in [5, 5.41) is 0. The van der Waals surface area contributed by atoms with E-state index in [-0.39, 0.29) is 24.3 Å². The van der Waals surface area contributed by atoms with Crippen LogP contribution >= 0.6 is 0 Å². The summed E-state index contributed by atoms with van der Waals surface area (Å²) in [7, 11) is 0. The zero-order valence-corrected chi connectivity index (χ0v) is 15.8. The third-order valence-electron chi connectivity index (χ3n) is 5.00. The summed E-state index contributed by atoms with van der Waals surface area (Å²) in [5.41, 5.74) is 5.28. The van der Waals surface area contributed by atoms with Gasteiger partial charge in [-0.2, -0.15) is 0 Å². The number of esters is 1. The number of fused-ring (bicyclic) bond motifs is 1. The minimum Gasteiger partial charge on any atom is -0.426 e. The summed E-state index contributed by atoms with van der Waals surface area (Å²) in [6.45, 7) is 8.10. The third-order valence-corrected chi connectivity index (χ3v) is 5.00. The lowest BCUT2D eigenvalue weighted by Gasteiger charge is -2.36. The van der Waals surface area contributed by atoms with Crippen LogP contribution < -0.4 is 4.74 Å². The van der Waals surface area contributed by atoms with Crippen molar-refractivity contribution in [3.05, 3.63) is 64.2 Å². The Kier molecular flexibility index (Phi) is 5.12. The van der Waals surface area contributed by atoms with Gasteiger partial charge in [0.15, 0.2) is 0 Å². The van der Waals surface area contributed by atoms with Crippen molar-refractivity contribution < 1.29 is 14.3 Å². The van der Waals surface area contributed by atoms with Gasteiger partial charge in [0.05, 0.1) is 12.5 Å². The van der Waals surface area contributed by atoms with Gasteiger partial charge >= 0.3 is 5.97 Å². The Labute approximate surface area is 154 Å². The number of ether oxygens (including phenoxy) is 1.